The Kier molecular flexibility index (Phi) is 3.55. The number of hydrogen-bond acceptors (Lipinski definition) is 4. The molecular formula is C16H17ClN2O2. The molecular weight excluding hydrogens is 288 g/mol. The van der Waals surface area contributed by atoms with Gasteiger partial charge in [0.15, 0.2) is 0 Å². The quantitative estimate of drug-likeness (QED) is 0.882. The van der Waals surface area contributed by atoms with Crippen LogP contribution in [0.1, 0.15) is 11.1 Å². The standard InChI is InChI=1S/C16H17ClN2O2/c1-20-15-7-14(16(21-2)6-12(15)17)19-8-10-4-3-5-13(18)11(10)9-19/h3-7H,8-9,18H2,1-2H3. The molecule has 0 atom stereocenters. The van der Waals surface area contributed by atoms with Crippen molar-refractivity contribution in [1.29, 1.82) is 0 Å². The molecule has 0 saturated heterocycles. The van der Waals surface area contributed by atoms with Gasteiger partial charge in [0.25, 0.3) is 0 Å². The fraction of sp³-hybridized carbons (Fsp3) is 0.250. The minimum atomic E-state index is 0.536. The molecule has 1 aliphatic rings. The lowest BCUT2D eigenvalue weighted by molar-refractivity contribution is 0.403. The van der Waals surface area contributed by atoms with Crippen LogP contribution in [0.15, 0.2) is 30.3 Å². The third-order valence-corrected chi connectivity index (χ3v) is 4.11. The molecule has 0 amide bonds. The van der Waals surface area contributed by atoms with E-state index < -0.39 is 0 Å². The average molecular weight is 305 g/mol. The molecule has 3 rings (SSSR count). The molecule has 2 N–H and O–H groups in total. The number of ether oxygens (including phenoxy) is 2. The Morgan fingerprint density at radius 3 is 2.52 bits per heavy atom. The van der Waals surface area contributed by atoms with Crippen molar-refractivity contribution in [1.82, 2.24) is 0 Å². The van der Waals surface area contributed by atoms with Crippen LogP contribution in [0, 0.1) is 0 Å². The number of anilines is 2. The zero-order chi connectivity index (χ0) is 15.0. The van der Waals surface area contributed by atoms with E-state index >= 15 is 0 Å². The van der Waals surface area contributed by atoms with E-state index in [1.807, 2.05) is 18.2 Å². The number of nitrogens with two attached hydrogens (primary N) is 1. The molecule has 1 aliphatic heterocycles. The third kappa shape index (κ3) is 2.36. The highest BCUT2D eigenvalue weighted by molar-refractivity contribution is 6.32. The van der Waals surface area contributed by atoms with E-state index in [0.29, 0.717) is 10.8 Å². The van der Waals surface area contributed by atoms with E-state index in [-0.39, 0.29) is 0 Å². The number of methoxy groups -OCH3 is 2. The molecule has 4 nitrogen and oxygen atoms in total. The molecule has 0 radical (unpaired) electrons. The molecule has 0 aliphatic carbocycles. The van der Waals surface area contributed by atoms with Crippen LogP contribution in [0.25, 0.3) is 0 Å². The molecule has 0 bridgehead atoms. The van der Waals surface area contributed by atoms with Gasteiger partial charge in [0.1, 0.15) is 11.5 Å². The molecule has 21 heavy (non-hydrogen) atoms. The monoisotopic (exact) mass is 304 g/mol. The topological polar surface area (TPSA) is 47.7 Å². The Bertz CT molecular complexity index is 688. The van der Waals surface area contributed by atoms with E-state index in [1.54, 1.807) is 20.3 Å². The van der Waals surface area contributed by atoms with Crippen molar-refractivity contribution in [2.24, 2.45) is 0 Å². The summed E-state index contributed by atoms with van der Waals surface area (Å²) in [5.41, 5.74) is 10.3. The molecule has 1 heterocycles. The molecule has 110 valence electrons. The maximum Gasteiger partial charge on any atom is 0.143 e. The summed E-state index contributed by atoms with van der Waals surface area (Å²) >= 11 is 6.16. The lowest BCUT2D eigenvalue weighted by Crippen LogP contribution is -2.15. The highest BCUT2D eigenvalue weighted by atomic mass is 35.5. The van der Waals surface area contributed by atoms with Gasteiger partial charge >= 0.3 is 0 Å². The second-order valence-electron chi connectivity index (χ2n) is 5.00. The minimum Gasteiger partial charge on any atom is -0.495 e. The van der Waals surface area contributed by atoms with Gasteiger partial charge in [-0.3, -0.25) is 0 Å². The molecule has 0 spiro atoms. The summed E-state index contributed by atoms with van der Waals surface area (Å²) in [6.07, 6.45) is 0. The van der Waals surface area contributed by atoms with Crippen molar-refractivity contribution >= 4 is 23.0 Å². The predicted molar refractivity (Wildman–Crippen MR) is 85.3 cm³/mol. The van der Waals surface area contributed by atoms with E-state index in [0.717, 1.165) is 30.2 Å². The minimum absolute atomic E-state index is 0.536. The number of rotatable bonds is 3. The zero-order valence-corrected chi connectivity index (χ0v) is 12.8. The molecule has 0 aromatic heterocycles. The van der Waals surface area contributed by atoms with Crippen molar-refractivity contribution in [3.63, 3.8) is 0 Å². The maximum absolute atomic E-state index is 6.16. The van der Waals surface area contributed by atoms with Gasteiger partial charge in [0.05, 0.1) is 24.9 Å². The fourth-order valence-corrected chi connectivity index (χ4v) is 2.94. The van der Waals surface area contributed by atoms with E-state index in [2.05, 4.69) is 11.0 Å². The lowest BCUT2D eigenvalue weighted by Gasteiger charge is -2.22. The van der Waals surface area contributed by atoms with Gasteiger partial charge < -0.3 is 20.1 Å². The Morgan fingerprint density at radius 1 is 1.10 bits per heavy atom. The molecule has 0 fully saturated rings. The maximum atomic E-state index is 6.16. The zero-order valence-electron chi connectivity index (χ0n) is 12.0. The van der Waals surface area contributed by atoms with Gasteiger partial charge in [-0.15, -0.1) is 0 Å². The average Bonchev–Trinajstić information content (AvgIpc) is 2.92. The molecule has 2 aromatic carbocycles. The Morgan fingerprint density at radius 2 is 1.86 bits per heavy atom. The normalized spacial score (nSPS) is 13.2. The summed E-state index contributed by atoms with van der Waals surface area (Å²) in [6, 6.07) is 9.70. The largest absolute Gasteiger partial charge is 0.495 e. The highest BCUT2D eigenvalue weighted by Gasteiger charge is 2.24. The molecule has 2 aromatic rings. The number of halogens is 1. The molecule has 5 heteroatoms. The van der Waals surface area contributed by atoms with Gasteiger partial charge in [-0.05, 0) is 17.2 Å². The smallest absolute Gasteiger partial charge is 0.143 e. The van der Waals surface area contributed by atoms with Crippen molar-refractivity contribution < 1.29 is 9.47 Å². The summed E-state index contributed by atoms with van der Waals surface area (Å²) in [6.45, 7) is 1.55. The first-order valence-corrected chi connectivity index (χ1v) is 7.04. The second kappa shape index (κ2) is 5.37. The summed E-state index contributed by atoms with van der Waals surface area (Å²) in [7, 11) is 3.24. The van der Waals surface area contributed by atoms with Crippen molar-refractivity contribution in [3.8, 4) is 11.5 Å². The summed E-state index contributed by atoms with van der Waals surface area (Å²) < 4.78 is 10.8. The summed E-state index contributed by atoms with van der Waals surface area (Å²) in [5.74, 6) is 1.36. The number of fused-ring (bicyclic) bond motifs is 1. The summed E-state index contributed by atoms with van der Waals surface area (Å²) in [5, 5.41) is 0.536. The van der Waals surface area contributed by atoms with E-state index in [4.69, 9.17) is 26.8 Å². The number of nitrogens with zero attached hydrogens (tertiary/aromatic N) is 1. The van der Waals surface area contributed by atoms with Crippen LogP contribution in [0.2, 0.25) is 5.02 Å². The van der Waals surface area contributed by atoms with Crippen LogP contribution in [0.5, 0.6) is 11.5 Å². The number of hydrogen-bond donors (Lipinski definition) is 1. The van der Waals surface area contributed by atoms with Crippen LogP contribution in [-0.4, -0.2) is 14.2 Å². The Hall–Kier alpha value is -2.07. The van der Waals surface area contributed by atoms with Crippen molar-refractivity contribution in [2.45, 2.75) is 13.1 Å². The first-order chi connectivity index (χ1) is 10.1. The van der Waals surface area contributed by atoms with Crippen molar-refractivity contribution in [3.05, 3.63) is 46.5 Å². The lowest BCUT2D eigenvalue weighted by atomic mass is 10.1. The van der Waals surface area contributed by atoms with Crippen LogP contribution < -0.4 is 20.1 Å². The van der Waals surface area contributed by atoms with Gasteiger partial charge in [-0.1, -0.05) is 23.7 Å². The Labute approximate surface area is 129 Å². The van der Waals surface area contributed by atoms with Crippen LogP contribution in [0.4, 0.5) is 11.4 Å². The number of benzene rings is 2. The van der Waals surface area contributed by atoms with Crippen LogP contribution in [-0.2, 0) is 13.1 Å². The van der Waals surface area contributed by atoms with Gasteiger partial charge in [-0.2, -0.15) is 0 Å². The van der Waals surface area contributed by atoms with Crippen molar-refractivity contribution in [2.75, 3.05) is 24.9 Å². The summed E-state index contributed by atoms with van der Waals surface area (Å²) in [4.78, 5) is 2.21. The van der Waals surface area contributed by atoms with Gasteiger partial charge in [-0.25, -0.2) is 0 Å². The van der Waals surface area contributed by atoms with E-state index in [9.17, 15) is 0 Å². The van der Waals surface area contributed by atoms with Gasteiger partial charge in [0.2, 0.25) is 0 Å². The number of nitrogen functional groups attached to an aromatic ring is 1. The predicted octanol–water partition coefficient (Wildman–Crippen LogP) is 3.46. The van der Waals surface area contributed by atoms with Gasteiger partial charge in [0, 0.05) is 30.9 Å². The van der Waals surface area contributed by atoms with Crippen LogP contribution >= 0.6 is 11.6 Å². The first-order valence-electron chi connectivity index (χ1n) is 6.66. The second-order valence-corrected chi connectivity index (χ2v) is 5.41. The van der Waals surface area contributed by atoms with Crippen LogP contribution in [0.3, 0.4) is 0 Å². The molecule has 0 unspecified atom stereocenters. The Balaban J connectivity index is 2.01. The highest BCUT2D eigenvalue weighted by Crippen LogP contribution is 2.41. The molecule has 0 saturated carbocycles. The third-order valence-electron chi connectivity index (χ3n) is 3.81. The first kappa shape index (κ1) is 13.9. The van der Waals surface area contributed by atoms with E-state index in [1.165, 1.54) is 11.1 Å². The fourth-order valence-electron chi connectivity index (χ4n) is 2.71. The SMILES string of the molecule is COc1cc(N2Cc3cccc(N)c3C2)c(OC)cc1Cl.